The van der Waals surface area contributed by atoms with E-state index in [-0.39, 0.29) is 6.42 Å². The molecule has 0 aromatic carbocycles. The zero-order valence-corrected chi connectivity index (χ0v) is 15.9. The molecule has 1 fully saturated rings. The van der Waals surface area contributed by atoms with E-state index in [1.54, 1.807) is 0 Å². The van der Waals surface area contributed by atoms with E-state index in [1.165, 1.54) is 0 Å². The Morgan fingerprint density at radius 3 is 2.40 bits per heavy atom. The molecular formula is C7H14BO13P3S. The fourth-order valence-electron chi connectivity index (χ4n) is 1.66. The highest BCUT2D eigenvalue weighted by atomic mass is 32.5. The fourth-order valence-corrected chi connectivity index (χ4v) is 6.23. The second-order valence-corrected chi connectivity index (χ2v) is 10.3. The van der Waals surface area contributed by atoms with E-state index < -0.39 is 53.3 Å². The summed E-state index contributed by atoms with van der Waals surface area (Å²) in [4.78, 5) is 47.0. The Kier molecular flexibility index (Phi) is 8.22. The number of methoxy groups -OCH3 is 1. The van der Waals surface area contributed by atoms with Crippen molar-refractivity contribution in [1.82, 2.24) is 0 Å². The van der Waals surface area contributed by atoms with Crippen LogP contribution in [-0.4, -0.2) is 65.5 Å². The molecule has 144 valence electrons. The molecule has 13 nitrogen and oxygen atoms in total. The van der Waals surface area contributed by atoms with Crippen LogP contribution in [0.15, 0.2) is 0 Å². The summed E-state index contributed by atoms with van der Waals surface area (Å²) in [6, 6.07) is -0.858. The van der Waals surface area contributed by atoms with Crippen molar-refractivity contribution in [3.05, 3.63) is 0 Å². The van der Waals surface area contributed by atoms with Gasteiger partial charge in [-0.15, -0.1) is 0 Å². The molecule has 0 aliphatic carbocycles. The minimum absolute atomic E-state index is 0.0407. The molecule has 0 aromatic heterocycles. The Bertz CT molecular complexity index is 623. The Balaban J connectivity index is 2.64. The predicted molar refractivity (Wildman–Crippen MR) is 82.8 cm³/mol. The van der Waals surface area contributed by atoms with Gasteiger partial charge in [-0.05, 0) is 11.8 Å². The second-order valence-electron chi connectivity index (χ2n) is 4.45. The Morgan fingerprint density at radius 1 is 1.28 bits per heavy atom. The lowest BCUT2D eigenvalue weighted by atomic mass is 9.96. The highest BCUT2D eigenvalue weighted by molar-refractivity contribution is 8.09. The molecule has 0 aromatic rings. The SMILES string of the molecule is [B]C1CC(OC(=O)OC)C(COP(=O)(O)OP(O)(=S)OP(=O)(O)O)O1. The molecule has 1 aliphatic heterocycles. The number of rotatable bonds is 8. The standard InChI is InChI=1S/C7H14BO13P3S/c1-16-7(9)19-4-2-6(8)18-5(4)3-17-23(13,14)21-24(15,25)20-22(10,11)12/h4-6H,2-3H2,1H3,(H,13,14)(H,15,25)(H2,10,11,12). The highest BCUT2D eigenvalue weighted by Crippen LogP contribution is 2.66. The first-order valence-electron chi connectivity index (χ1n) is 6.17. The van der Waals surface area contributed by atoms with Crippen molar-refractivity contribution in [2.75, 3.05) is 13.7 Å². The maximum Gasteiger partial charge on any atom is 0.508 e. The zero-order valence-electron chi connectivity index (χ0n) is 12.4. The lowest BCUT2D eigenvalue weighted by Gasteiger charge is -2.22. The van der Waals surface area contributed by atoms with E-state index in [0.29, 0.717) is 0 Å². The quantitative estimate of drug-likeness (QED) is 0.221. The van der Waals surface area contributed by atoms with Crippen LogP contribution in [0.1, 0.15) is 6.42 Å². The summed E-state index contributed by atoms with van der Waals surface area (Å²) < 4.78 is 48.8. The average molecular weight is 442 g/mol. The maximum absolute atomic E-state index is 11.7. The number of hydrogen-bond acceptors (Lipinski definition) is 10. The van der Waals surface area contributed by atoms with Crippen LogP contribution in [0.5, 0.6) is 0 Å². The van der Waals surface area contributed by atoms with E-state index in [1.807, 2.05) is 0 Å². The van der Waals surface area contributed by atoms with Gasteiger partial charge in [0.2, 0.25) is 0 Å². The second kappa shape index (κ2) is 8.88. The van der Waals surface area contributed by atoms with Crippen LogP contribution in [-0.2, 0) is 48.3 Å². The van der Waals surface area contributed by atoms with Gasteiger partial charge in [0, 0.05) is 12.4 Å². The lowest BCUT2D eigenvalue weighted by molar-refractivity contribution is -0.0275. The minimum Gasteiger partial charge on any atom is -0.438 e. The third-order valence-corrected chi connectivity index (χ3v) is 7.46. The van der Waals surface area contributed by atoms with Gasteiger partial charge in [0.15, 0.2) is 0 Å². The number of carbonyl (C=O) groups excluding carboxylic acids is 1. The van der Waals surface area contributed by atoms with Gasteiger partial charge in [-0.1, -0.05) is 0 Å². The summed E-state index contributed by atoms with van der Waals surface area (Å²) in [5.74, 6) is 0. The van der Waals surface area contributed by atoms with Crippen molar-refractivity contribution < 1.29 is 60.9 Å². The summed E-state index contributed by atoms with van der Waals surface area (Å²) in [6.45, 7) is -5.49. The van der Waals surface area contributed by atoms with Gasteiger partial charge < -0.3 is 33.8 Å². The van der Waals surface area contributed by atoms with E-state index >= 15 is 0 Å². The van der Waals surface area contributed by atoms with Crippen molar-refractivity contribution in [3.63, 3.8) is 0 Å². The van der Waals surface area contributed by atoms with Gasteiger partial charge in [-0.25, -0.2) is 22.5 Å². The van der Waals surface area contributed by atoms with Crippen molar-refractivity contribution in [2.45, 2.75) is 24.6 Å². The van der Waals surface area contributed by atoms with Crippen LogP contribution in [0.3, 0.4) is 0 Å². The largest absolute Gasteiger partial charge is 0.508 e. The van der Waals surface area contributed by atoms with E-state index in [0.717, 1.165) is 7.11 Å². The number of hydrogen-bond donors (Lipinski definition) is 4. The summed E-state index contributed by atoms with van der Waals surface area (Å²) in [7, 11) is -3.81. The van der Waals surface area contributed by atoms with Gasteiger partial charge in [-0.3, -0.25) is 4.52 Å². The normalized spacial score (nSPS) is 28.8. The van der Waals surface area contributed by atoms with Crippen LogP contribution in [0.2, 0.25) is 0 Å². The van der Waals surface area contributed by atoms with Crippen LogP contribution >= 0.6 is 22.4 Å². The predicted octanol–water partition coefficient (Wildman–Crippen LogP) is -0.119. The van der Waals surface area contributed by atoms with Gasteiger partial charge >= 0.3 is 28.5 Å². The van der Waals surface area contributed by atoms with E-state index in [9.17, 15) is 23.7 Å². The Labute approximate surface area is 148 Å². The average Bonchev–Trinajstić information content (AvgIpc) is 2.72. The molecule has 1 saturated heterocycles. The molecular weight excluding hydrogens is 428 g/mol. The van der Waals surface area contributed by atoms with Crippen LogP contribution in [0, 0.1) is 0 Å². The summed E-state index contributed by atoms with van der Waals surface area (Å²) in [6.07, 6.45) is -3.06. The Hall–Kier alpha value is 0.125. The molecule has 0 amide bonds. The smallest absolute Gasteiger partial charge is 0.438 e. The van der Waals surface area contributed by atoms with Crippen molar-refractivity contribution in [1.29, 1.82) is 0 Å². The third-order valence-electron chi connectivity index (χ3n) is 2.46. The number of phosphoric ester groups is 1. The third kappa shape index (κ3) is 9.05. The van der Waals surface area contributed by atoms with Gasteiger partial charge in [-0.2, -0.15) is 0 Å². The monoisotopic (exact) mass is 442 g/mol. The highest BCUT2D eigenvalue weighted by Gasteiger charge is 2.41. The molecule has 2 radical (unpaired) electrons. The fraction of sp³-hybridized carbons (Fsp3) is 0.857. The summed E-state index contributed by atoms with van der Waals surface area (Å²) >= 11 is 4.18. The van der Waals surface area contributed by atoms with Crippen molar-refractivity contribution in [2.24, 2.45) is 0 Å². The molecule has 1 heterocycles. The number of ether oxygens (including phenoxy) is 3. The molecule has 5 atom stereocenters. The zero-order chi connectivity index (χ0) is 19.5. The molecule has 1 rings (SSSR count). The van der Waals surface area contributed by atoms with Gasteiger partial charge in [0.25, 0.3) is 0 Å². The Morgan fingerprint density at radius 2 is 1.88 bits per heavy atom. The molecule has 18 heteroatoms. The first kappa shape index (κ1) is 23.2. The number of carbonyl (C=O) groups is 1. The van der Waals surface area contributed by atoms with Gasteiger partial charge in [0.05, 0.1) is 13.7 Å². The van der Waals surface area contributed by atoms with Gasteiger partial charge in [0.1, 0.15) is 20.1 Å². The van der Waals surface area contributed by atoms with Crippen molar-refractivity contribution in [3.8, 4) is 0 Å². The summed E-state index contributed by atoms with van der Waals surface area (Å²) in [5.41, 5.74) is 0. The van der Waals surface area contributed by atoms with Crippen LogP contribution in [0.25, 0.3) is 0 Å². The van der Waals surface area contributed by atoms with Crippen LogP contribution < -0.4 is 0 Å². The lowest BCUT2D eigenvalue weighted by Crippen LogP contribution is -2.31. The molecule has 0 bridgehead atoms. The molecule has 25 heavy (non-hydrogen) atoms. The van der Waals surface area contributed by atoms with E-state index in [4.69, 9.17) is 27.1 Å². The van der Waals surface area contributed by atoms with Crippen LogP contribution in [0.4, 0.5) is 4.79 Å². The molecule has 4 N–H and O–H groups in total. The number of phosphoric acid groups is 2. The first-order chi connectivity index (χ1) is 11.2. The first-order valence-corrected chi connectivity index (χ1v) is 11.8. The molecule has 1 aliphatic rings. The topological polar surface area (TPSA) is 188 Å². The van der Waals surface area contributed by atoms with E-state index in [2.05, 4.69) is 29.7 Å². The minimum atomic E-state index is -5.28. The molecule has 0 spiro atoms. The molecule has 0 saturated carbocycles. The molecule has 5 unspecified atom stereocenters. The summed E-state index contributed by atoms with van der Waals surface area (Å²) in [5, 5.41) is 0. The maximum atomic E-state index is 11.7. The van der Waals surface area contributed by atoms with Crippen molar-refractivity contribution >= 4 is 48.2 Å².